The molecule has 2 rings (SSSR count). The average molecular weight is 344 g/mol. The van der Waals surface area contributed by atoms with E-state index in [0.29, 0.717) is 12.2 Å². The molecule has 0 aliphatic rings. The van der Waals surface area contributed by atoms with Gasteiger partial charge in [-0.1, -0.05) is 12.1 Å². The van der Waals surface area contributed by atoms with Gasteiger partial charge in [-0.05, 0) is 24.6 Å². The summed E-state index contributed by atoms with van der Waals surface area (Å²) < 4.78 is 2.09. The minimum Gasteiger partial charge on any atom is -0.356 e. The van der Waals surface area contributed by atoms with E-state index in [1.807, 2.05) is 6.92 Å². The molecule has 2 aromatic rings. The number of nitrogens with zero attached hydrogens (tertiary/aromatic N) is 2. The Morgan fingerprint density at radius 1 is 1.04 bits per heavy atom. The van der Waals surface area contributed by atoms with E-state index in [4.69, 9.17) is 0 Å². The maximum atomic E-state index is 12.1. The van der Waals surface area contributed by atoms with Gasteiger partial charge in [0.2, 0.25) is 11.8 Å². The van der Waals surface area contributed by atoms with Crippen LogP contribution in [0.4, 0.5) is 5.69 Å². The maximum absolute atomic E-state index is 12.1. The normalized spacial score (nSPS) is 10.3. The standard InChI is InChI=1S/C17H20N4O4/c1-3-18-14(22)10-12-4-6-13(7-5-12)19-15(23)11-21-9-8-16(24)20(2)17(21)25/h4-9H,3,10-11H2,1-2H3,(H,18,22)(H,19,23). The second-order valence-electron chi connectivity index (χ2n) is 5.50. The maximum Gasteiger partial charge on any atom is 0.331 e. The van der Waals surface area contributed by atoms with E-state index >= 15 is 0 Å². The molecule has 0 aliphatic carbocycles. The SMILES string of the molecule is CCNC(=O)Cc1ccc(NC(=O)Cn2ccc(=O)n(C)c2=O)cc1. The lowest BCUT2D eigenvalue weighted by atomic mass is 10.1. The smallest absolute Gasteiger partial charge is 0.331 e. The van der Waals surface area contributed by atoms with Crippen molar-refractivity contribution in [2.24, 2.45) is 7.05 Å². The van der Waals surface area contributed by atoms with Gasteiger partial charge in [0.1, 0.15) is 6.54 Å². The minimum absolute atomic E-state index is 0.0617. The molecule has 0 radical (unpaired) electrons. The first-order chi connectivity index (χ1) is 11.9. The van der Waals surface area contributed by atoms with E-state index in [-0.39, 0.29) is 18.9 Å². The van der Waals surface area contributed by atoms with Gasteiger partial charge in [0.15, 0.2) is 0 Å². The van der Waals surface area contributed by atoms with Crippen LogP contribution in [0.15, 0.2) is 46.1 Å². The van der Waals surface area contributed by atoms with Gasteiger partial charge in [0.05, 0.1) is 6.42 Å². The molecule has 1 heterocycles. The van der Waals surface area contributed by atoms with E-state index < -0.39 is 17.2 Å². The van der Waals surface area contributed by atoms with Gasteiger partial charge in [-0.2, -0.15) is 0 Å². The lowest BCUT2D eigenvalue weighted by molar-refractivity contribution is -0.120. The minimum atomic E-state index is -0.556. The van der Waals surface area contributed by atoms with Gasteiger partial charge in [-0.25, -0.2) is 4.79 Å². The summed E-state index contributed by atoms with van der Waals surface area (Å²) in [6.07, 6.45) is 1.56. The molecule has 0 bridgehead atoms. The first-order valence-corrected chi connectivity index (χ1v) is 7.82. The van der Waals surface area contributed by atoms with Crippen molar-refractivity contribution in [1.82, 2.24) is 14.5 Å². The van der Waals surface area contributed by atoms with E-state index in [1.54, 1.807) is 24.3 Å². The van der Waals surface area contributed by atoms with E-state index in [9.17, 15) is 19.2 Å². The summed E-state index contributed by atoms with van der Waals surface area (Å²) in [4.78, 5) is 46.8. The van der Waals surface area contributed by atoms with E-state index in [2.05, 4.69) is 10.6 Å². The Balaban J connectivity index is 1.99. The van der Waals surface area contributed by atoms with Crippen LogP contribution in [-0.4, -0.2) is 27.5 Å². The highest BCUT2D eigenvalue weighted by molar-refractivity contribution is 5.90. The third kappa shape index (κ3) is 4.90. The molecular formula is C17H20N4O4. The molecule has 1 aromatic heterocycles. The molecule has 1 aromatic carbocycles. The number of hydrogen-bond donors (Lipinski definition) is 2. The van der Waals surface area contributed by atoms with Crippen molar-refractivity contribution in [3.63, 3.8) is 0 Å². The molecule has 0 atom stereocenters. The molecule has 0 saturated carbocycles. The highest BCUT2D eigenvalue weighted by Gasteiger charge is 2.08. The van der Waals surface area contributed by atoms with Crippen LogP contribution in [0.2, 0.25) is 0 Å². The van der Waals surface area contributed by atoms with Crippen molar-refractivity contribution in [2.45, 2.75) is 19.9 Å². The van der Waals surface area contributed by atoms with Crippen molar-refractivity contribution in [2.75, 3.05) is 11.9 Å². The van der Waals surface area contributed by atoms with Gasteiger partial charge in [0, 0.05) is 31.5 Å². The third-order valence-corrected chi connectivity index (χ3v) is 3.55. The highest BCUT2D eigenvalue weighted by Crippen LogP contribution is 2.10. The predicted octanol–water partition coefficient (Wildman–Crippen LogP) is -0.136. The van der Waals surface area contributed by atoms with Crippen LogP contribution < -0.4 is 21.9 Å². The summed E-state index contributed by atoms with van der Waals surface area (Å²) in [5, 5.41) is 5.39. The van der Waals surface area contributed by atoms with E-state index in [0.717, 1.165) is 14.7 Å². The van der Waals surface area contributed by atoms with Gasteiger partial charge < -0.3 is 10.6 Å². The summed E-state index contributed by atoms with van der Waals surface area (Å²) >= 11 is 0. The number of anilines is 1. The van der Waals surface area contributed by atoms with Crippen LogP contribution >= 0.6 is 0 Å². The van der Waals surface area contributed by atoms with Crippen LogP contribution in [0.5, 0.6) is 0 Å². The van der Waals surface area contributed by atoms with Crippen LogP contribution in [0.3, 0.4) is 0 Å². The molecule has 2 amide bonds. The number of nitrogens with one attached hydrogen (secondary N) is 2. The number of likely N-dealkylation sites (N-methyl/N-ethyl adjacent to an activating group) is 1. The van der Waals surface area contributed by atoms with Gasteiger partial charge in [0.25, 0.3) is 5.56 Å². The highest BCUT2D eigenvalue weighted by atomic mass is 16.2. The molecule has 0 spiro atoms. The fraction of sp³-hybridized carbons (Fsp3) is 0.294. The summed E-state index contributed by atoms with van der Waals surface area (Å²) in [7, 11) is 1.35. The number of aromatic nitrogens is 2. The average Bonchev–Trinajstić information content (AvgIpc) is 2.57. The molecule has 8 nitrogen and oxygen atoms in total. The van der Waals surface area contributed by atoms with Crippen molar-refractivity contribution < 1.29 is 9.59 Å². The van der Waals surface area contributed by atoms with Crippen LogP contribution in [0.25, 0.3) is 0 Å². The molecule has 0 saturated heterocycles. The van der Waals surface area contributed by atoms with Crippen LogP contribution in [-0.2, 0) is 29.6 Å². The fourth-order valence-corrected chi connectivity index (χ4v) is 2.24. The Morgan fingerprint density at radius 3 is 2.36 bits per heavy atom. The summed E-state index contributed by atoms with van der Waals surface area (Å²) in [6.45, 7) is 2.23. The monoisotopic (exact) mass is 344 g/mol. The zero-order chi connectivity index (χ0) is 18.4. The van der Waals surface area contributed by atoms with Crippen molar-refractivity contribution in [3.8, 4) is 0 Å². The fourth-order valence-electron chi connectivity index (χ4n) is 2.24. The van der Waals surface area contributed by atoms with E-state index in [1.165, 1.54) is 19.3 Å². The molecule has 8 heteroatoms. The Hall–Kier alpha value is -3.16. The number of amides is 2. The zero-order valence-electron chi connectivity index (χ0n) is 14.1. The second kappa shape index (κ2) is 8.09. The Morgan fingerprint density at radius 2 is 1.72 bits per heavy atom. The molecule has 132 valence electrons. The Kier molecular flexibility index (Phi) is 5.89. The largest absolute Gasteiger partial charge is 0.356 e. The number of hydrogen-bond acceptors (Lipinski definition) is 4. The summed E-state index contributed by atoms with van der Waals surface area (Å²) in [5.41, 5.74) is 0.407. The topological polar surface area (TPSA) is 102 Å². The molecule has 25 heavy (non-hydrogen) atoms. The first-order valence-electron chi connectivity index (χ1n) is 7.82. The second-order valence-corrected chi connectivity index (χ2v) is 5.50. The van der Waals surface area contributed by atoms with Crippen LogP contribution in [0, 0.1) is 0 Å². The van der Waals surface area contributed by atoms with Gasteiger partial charge in [-0.3, -0.25) is 23.5 Å². The Bertz CT molecular complexity index is 881. The molecule has 2 N–H and O–H groups in total. The summed E-state index contributed by atoms with van der Waals surface area (Å²) in [6, 6.07) is 8.11. The van der Waals surface area contributed by atoms with Crippen LogP contribution in [0.1, 0.15) is 12.5 Å². The van der Waals surface area contributed by atoms with Gasteiger partial charge >= 0.3 is 5.69 Å². The molecule has 0 aliphatic heterocycles. The van der Waals surface area contributed by atoms with Crippen molar-refractivity contribution >= 4 is 17.5 Å². The number of carbonyl (C=O) groups is 2. The Labute approximate surface area is 144 Å². The third-order valence-electron chi connectivity index (χ3n) is 3.55. The predicted molar refractivity (Wildman–Crippen MR) is 93.4 cm³/mol. The number of carbonyl (C=O) groups excluding carboxylic acids is 2. The van der Waals surface area contributed by atoms with Gasteiger partial charge in [-0.15, -0.1) is 0 Å². The first kappa shape index (κ1) is 18.2. The van der Waals surface area contributed by atoms with Crippen molar-refractivity contribution in [3.05, 3.63) is 62.9 Å². The quantitative estimate of drug-likeness (QED) is 0.762. The molecule has 0 fully saturated rings. The lowest BCUT2D eigenvalue weighted by Gasteiger charge is -2.09. The molecular weight excluding hydrogens is 324 g/mol. The summed E-state index contributed by atoms with van der Waals surface area (Å²) in [5.74, 6) is -0.453. The number of benzene rings is 1. The molecule has 0 unspecified atom stereocenters. The van der Waals surface area contributed by atoms with Crippen molar-refractivity contribution in [1.29, 1.82) is 0 Å². The number of rotatable bonds is 6. The lowest BCUT2D eigenvalue weighted by Crippen LogP contribution is -2.38. The zero-order valence-corrected chi connectivity index (χ0v) is 14.1.